The molecule has 1 aromatic heterocycles. The van der Waals surface area contributed by atoms with Gasteiger partial charge < -0.3 is 19.7 Å². The first kappa shape index (κ1) is 35.2. The number of carbonyl (C=O) groups excluding carboxylic acids is 1. The molecule has 1 fully saturated rings. The van der Waals surface area contributed by atoms with Crippen LogP contribution in [0.1, 0.15) is 41.3 Å². The van der Waals surface area contributed by atoms with Crippen LogP contribution >= 0.6 is 11.6 Å². The molecule has 0 unspecified atom stereocenters. The number of benzene rings is 3. The van der Waals surface area contributed by atoms with Gasteiger partial charge in [-0.3, -0.25) is 9.88 Å². The Hall–Kier alpha value is -4.12. The summed E-state index contributed by atoms with van der Waals surface area (Å²) in [4.78, 5) is 21.4. The van der Waals surface area contributed by atoms with E-state index in [1.807, 2.05) is 38.2 Å². The Morgan fingerprint density at radius 1 is 0.938 bits per heavy atom. The molecule has 4 aromatic rings. The number of aryl methyl sites for hydroxylation is 2. The van der Waals surface area contributed by atoms with Crippen LogP contribution < -0.4 is 14.8 Å². The van der Waals surface area contributed by atoms with Gasteiger partial charge in [-0.1, -0.05) is 72.3 Å². The lowest BCUT2D eigenvalue weighted by atomic mass is 9.89. The number of pyridine rings is 1. The number of nitrogens with zero attached hydrogens (tertiary/aromatic N) is 3. The fraction of sp³-hybridized carbons (Fsp3) is 0.351. The third-order valence-electron chi connectivity index (χ3n) is 8.68. The first-order chi connectivity index (χ1) is 22.9. The summed E-state index contributed by atoms with van der Waals surface area (Å²) in [7, 11) is 3.51. The fourth-order valence-corrected chi connectivity index (χ4v) is 6.20. The molecule has 5 rings (SSSR count). The van der Waals surface area contributed by atoms with Crippen LogP contribution in [-0.4, -0.2) is 67.5 Å². The van der Waals surface area contributed by atoms with Gasteiger partial charge in [-0.05, 0) is 92.7 Å². The summed E-state index contributed by atoms with van der Waals surface area (Å²) in [6.07, 6.45) is -3.29. The number of piperidine rings is 1. The van der Waals surface area contributed by atoms with Crippen LogP contribution in [0, 0.1) is 13.8 Å². The molecule has 0 spiro atoms. The van der Waals surface area contributed by atoms with Crippen LogP contribution in [0.3, 0.4) is 0 Å². The van der Waals surface area contributed by atoms with Gasteiger partial charge in [-0.2, -0.15) is 0 Å². The number of nitrogens with one attached hydrogen (secondary N) is 1. The maximum atomic E-state index is 12.8. The minimum absolute atomic E-state index is 0.192. The van der Waals surface area contributed by atoms with E-state index in [1.54, 1.807) is 26.1 Å². The summed E-state index contributed by atoms with van der Waals surface area (Å²) in [5.41, 5.74) is 7.21. The average molecular weight is 681 g/mol. The van der Waals surface area contributed by atoms with Gasteiger partial charge in [0.1, 0.15) is 10.8 Å². The average Bonchev–Trinajstić information content (AvgIpc) is 3.06. The van der Waals surface area contributed by atoms with Gasteiger partial charge in [0, 0.05) is 37.9 Å². The van der Waals surface area contributed by atoms with E-state index < -0.39 is 12.5 Å². The summed E-state index contributed by atoms with van der Waals surface area (Å²) in [5.74, 6) is 0.426. The number of likely N-dealkylation sites (N-methyl/N-ethyl adjacent to an activating group) is 2. The van der Waals surface area contributed by atoms with Gasteiger partial charge in [0.15, 0.2) is 5.75 Å². The van der Waals surface area contributed by atoms with E-state index >= 15 is 0 Å². The summed E-state index contributed by atoms with van der Waals surface area (Å²) in [5, 5.41) is 3.33. The SMILES string of the molecule is CNCCN(C)C(=O)Oc1c(Cl)c(C)nc(C)c1-c1ccc(-c2ccc(CN3CCC(c4ccc(OC(F)(F)F)cc4)CC3)cc2)cc1. The maximum Gasteiger partial charge on any atom is 0.573 e. The first-order valence-electron chi connectivity index (χ1n) is 15.9. The number of rotatable bonds is 10. The van der Waals surface area contributed by atoms with E-state index in [1.165, 1.54) is 22.6 Å². The summed E-state index contributed by atoms with van der Waals surface area (Å²) >= 11 is 6.63. The Balaban J connectivity index is 1.21. The molecule has 0 atom stereocenters. The summed E-state index contributed by atoms with van der Waals surface area (Å²) in [6, 6.07) is 22.8. The molecule has 254 valence electrons. The highest BCUT2D eigenvalue weighted by Crippen LogP contribution is 2.40. The summed E-state index contributed by atoms with van der Waals surface area (Å²) < 4.78 is 47.3. The molecule has 2 heterocycles. The largest absolute Gasteiger partial charge is 0.573 e. The first-order valence-corrected chi connectivity index (χ1v) is 16.3. The van der Waals surface area contributed by atoms with Crippen LogP contribution in [0.2, 0.25) is 5.02 Å². The van der Waals surface area contributed by atoms with Gasteiger partial charge in [0.2, 0.25) is 0 Å². The monoisotopic (exact) mass is 680 g/mol. The lowest BCUT2D eigenvalue weighted by molar-refractivity contribution is -0.274. The van der Waals surface area contributed by atoms with Crippen LogP contribution in [0.4, 0.5) is 18.0 Å². The van der Waals surface area contributed by atoms with Crippen LogP contribution in [-0.2, 0) is 6.54 Å². The van der Waals surface area contributed by atoms with Crippen molar-refractivity contribution in [2.45, 2.75) is 45.5 Å². The highest BCUT2D eigenvalue weighted by atomic mass is 35.5. The third kappa shape index (κ3) is 8.86. The number of alkyl halides is 3. The van der Waals surface area contributed by atoms with Crippen molar-refractivity contribution in [2.75, 3.05) is 40.3 Å². The van der Waals surface area contributed by atoms with Crippen molar-refractivity contribution in [2.24, 2.45) is 0 Å². The zero-order chi connectivity index (χ0) is 34.4. The van der Waals surface area contributed by atoms with Crippen molar-refractivity contribution in [1.29, 1.82) is 0 Å². The van der Waals surface area contributed by atoms with Crippen molar-refractivity contribution in [3.8, 4) is 33.8 Å². The molecule has 0 aliphatic carbocycles. The standard InChI is InChI=1S/C37H40ClF3N4O3/c1-24-33(35(34(38)25(2)43-24)47-36(46)44(4)22-19-42-3)31-11-9-28(10-12-31)27-7-5-26(6-8-27)23-45-20-17-30(18-21-45)29-13-15-32(16-14-29)48-37(39,40)41/h5-16,30,42H,17-23H2,1-4H3. The third-order valence-corrected chi connectivity index (χ3v) is 9.12. The Bertz CT molecular complexity index is 1690. The number of likely N-dealkylation sites (tertiary alicyclic amines) is 1. The number of hydrogen-bond acceptors (Lipinski definition) is 6. The number of carbonyl (C=O) groups is 1. The van der Waals surface area contributed by atoms with E-state index in [4.69, 9.17) is 16.3 Å². The molecule has 1 aliphatic rings. The van der Waals surface area contributed by atoms with Gasteiger partial charge in [-0.15, -0.1) is 13.2 Å². The molecule has 1 aliphatic heterocycles. The van der Waals surface area contributed by atoms with Crippen molar-refractivity contribution in [3.05, 3.63) is 100 Å². The normalized spacial score (nSPS) is 14.2. The molecule has 0 radical (unpaired) electrons. The number of halogens is 4. The van der Waals surface area contributed by atoms with E-state index in [0.29, 0.717) is 46.7 Å². The van der Waals surface area contributed by atoms with Crippen LogP contribution in [0.25, 0.3) is 22.3 Å². The lowest BCUT2D eigenvalue weighted by Crippen LogP contribution is -2.35. The second-order valence-corrected chi connectivity index (χ2v) is 12.5. The molecule has 1 saturated heterocycles. The van der Waals surface area contributed by atoms with Crippen LogP contribution in [0.15, 0.2) is 72.8 Å². The molecule has 1 N–H and O–H groups in total. The number of hydrogen-bond donors (Lipinski definition) is 1. The van der Waals surface area contributed by atoms with Gasteiger partial charge in [0.05, 0.1) is 5.69 Å². The summed E-state index contributed by atoms with van der Waals surface area (Å²) in [6.45, 7) is 7.45. The Labute approximate surface area is 284 Å². The second kappa shape index (κ2) is 15.4. The predicted molar refractivity (Wildman–Crippen MR) is 183 cm³/mol. The smallest absolute Gasteiger partial charge is 0.408 e. The zero-order valence-electron chi connectivity index (χ0n) is 27.5. The molecule has 0 bridgehead atoms. The topological polar surface area (TPSA) is 66.9 Å². The Kier molecular flexibility index (Phi) is 11.3. The fourth-order valence-electron chi connectivity index (χ4n) is 6.02. The molecular weight excluding hydrogens is 641 g/mol. The zero-order valence-corrected chi connectivity index (χ0v) is 28.3. The molecule has 7 nitrogen and oxygen atoms in total. The molecule has 11 heteroatoms. The molecular formula is C37H40ClF3N4O3. The van der Waals surface area contributed by atoms with Crippen molar-refractivity contribution >= 4 is 17.7 Å². The highest BCUT2D eigenvalue weighted by molar-refractivity contribution is 6.33. The maximum absolute atomic E-state index is 12.8. The number of amides is 1. The van der Waals surface area contributed by atoms with Crippen molar-refractivity contribution < 1.29 is 27.4 Å². The van der Waals surface area contributed by atoms with Gasteiger partial charge in [0.25, 0.3) is 0 Å². The molecule has 0 saturated carbocycles. The molecule has 3 aromatic carbocycles. The van der Waals surface area contributed by atoms with Gasteiger partial charge in [-0.25, -0.2) is 4.79 Å². The van der Waals surface area contributed by atoms with E-state index in [9.17, 15) is 18.0 Å². The Morgan fingerprint density at radius 2 is 1.52 bits per heavy atom. The highest BCUT2D eigenvalue weighted by Gasteiger charge is 2.31. The number of ether oxygens (including phenoxy) is 2. The molecule has 48 heavy (non-hydrogen) atoms. The number of aromatic nitrogens is 1. The van der Waals surface area contributed by atoms with Crippen LogP contribution in [0.5, 0.6) is 11.5 Å². The van der Waals surface area contributed by atoms with E-state index in [2.05, 4.69) is 44.2 Å². The minimum Gasteiger partial charge on any atom is -0.408 e. The molecule has 1 amide bonds. The second-order valence-electron chi connectivity index (χ2n) is 12.1. The quantitative estimate of drug-likeness (QED) is 0.181. The van der Waals surface area contributed by atoms with Crippen molar-refractivity contribution in [3.63, 3.8) is 0 Å². The van der Waals surface area contributed by atoms with E-state index in [0.717, 1.165) is 54.7 Å². The predicted octanol–water partition coefficient (Wildman–Crippen LogP) is 8.61. The van der Waals surface area contributed by atoms with Crippen molar-refractivity contribution in [1.82, 2.24) is 20.1 Å². The minimum atomic E-state index is -4.68. The lowest BCUT2D eigenvalue weighted by Gasteiger charge is -2.32. The van der Waals surface area contributed by atoms with E-state index in [-0.39, 0.29) is 5.75 Å². The van der Waals surface area contributed by atoms with Gasteiger partial charge >= 0.3 is 12.5 Å². The Morgan fingerprint density at radius 3 is 2.10 bits per heavy atom.